The molecule has 2 aromatic carbocycles. The third kappa shape index (κ3) is 2.64. The normalized spacial score (nSPS) is 12.5. The average Bonchev–Trinajstić information content (AvgIpc) is 2.33. The van der Waals surface area contributed by atoms with Crippen molar-refractivity contribution in [2.45, 2.75) is 11.8 Å². The van der Waals surface area contributed by atoms with E-state index >= 15 is 0 Å². The zero-order valence-corrected chi connectivity index (χ0v) is 12.7. The number of rotatable bonds is 2. The van der Waals surface area contributed by atoms with E-state index in [9.17, 15) is 8.78 Å². The van der Waals surface area contributed by atoms with Crippen LogP contribution in [0, 0.1) is 18.6 Å². The Balaban J connectivity index is 2.50. The van der Waals surface area contributed by atoms with Gasteiger partial charge >= 0.3 is 0 Å². The van der Waals surface area contributed by atoms with E-state index in [2.05, 4.69) is 31.9 Å². The van der Waals surface area contributed by atoms with Crippen LogP contribution in [0.15, 0.2) is 40.9 Å². The lowest BCUT2D eigenvalue weighted by molar-refractivity contribution is 0.583. The SMILES string of the molecule is Cc1ccccc1C(Br)c1cc(F)c(Br)cc1F. The number of halogens is 4. The topological polar surface area (TPSA) is 0 Å². The second kappa shape index (κ2) is 5.49. The predicted octanol–water partition coefficient (Wildman–Crippen LogP) is 5.52. The predicted molar refractivity (Wildman–Crippen MR) is 76.0 cm³/mol. The first-order chi connectivity index (χ1) is 8.50. The molecule has 2 aromatic rings. The zero-order valence-electron chi connectivity index (χ0n) is 9.55. The van der Waals surface area contributed by atoms with E-state index in [-0.39, 0.29) is 9.30 Å². The lowest BCUT2D eigenvalue weighted by Crippen LogP contribution is -2.00. The number of hydrogen-bond acceptors (Lipinski definition) is 0. The third-order valence-electron chi connectivity index (χ3n) is 2.77. The average molecular weight is 376 g/mol. The lowest BCUT2D eigenvalue weighted by atomic mass is 10.00. The van der Waals surface area contributed by atoms with Crippen molar-refractivity contribution in [2.24, 2.45) is 0 Å². The standard InChI is InChI=1S/C14H10Br2F2/c1-8-4-2-3-5-9(8)14(16)10-6-13(18)11(15)7-12(10)17/h2-7,14H,1H3. The van der Waals surface area contributed by atoms with Crippen molar-refractivity contribution in [3.05, 3.63) is 69.2 Å². The fourth-order valence-electron chi connectivity index (χ4n) is 1.77. The van der Waals surface area contributed by atoms with Gasteiger partial charge in [-0.25, -0.2) is 8.78 Å². The highest BCUT2D eigenvalue weighted by molar-refractivity contribution is 9.10. The molecule has 0 aliphatic heterocycles. The van der Waals surface area contributed by atoms with Crippen LogP contribution in [0.4, 0.5) is 8.78 Å². The van der Waals surface area contributed by atoms with Crippen LogP contribution in [-0.4, -0.2) is 0 Å². The largest absolute Gasteiger partial charge is 0.207 e. The van der Waals surface area contributed by atoms with Gasteiger partial charge in [0.25, 0.3) is 0 Å². The molecule has 0 heterocycles. The Labute approximate surface area is 121 Å². The van der Waals surface area contributed by atoms with Gasteiger partial charge in [-0.2, -0.15) is 0 Å². The highest BCUT2D eigenvalue weighted by Gasteiger charge is 2.18. The summed E-state index contributed by atoms with van der Waals surface area (Å²) >= 11 is 6.40. The molecule has 4 heteroatoms. The van der Waals surface area contributed by atoms with E-state index < -0.39 is 11.6 Å². The van der Waals surface area contributed by atoms with Gasteiger partial charge < -0.3 is 0 Å². The molecule has 0 bridgehead atoms. The lowest BCUT2D eigenvalue weighted by Gasteiger charge is -2.14. The first-order valence-electron chi connectivity index (χ1n) is 5.34. The van der Waals surface area contributed by atoms with E-state index in [1.165, 1.54) is 6.07 Å². The van der Waals surface area contributed by atoms with Crippen LogP contribution >= 0.6 is 31.9 Å². The molecule has 1 unspecified atom stereocenters. The van der Waals surface area contributed by atoms with Gasteiger partial charge in [-0.05, 0) is 46.1 Å². The summed E-state index contributed by atoms with van der Waals surface area (Å²) in [6.45, 7) is 1.94. The van der Waals surface area contributed by atoms with E-state index in [1.54, 1.807) is 0 Å². The Kier molecular flexibility index (Phi) is 4.17. The van der Waals surface area contributed by atoms with Crippen molar-refractivity contribution in [1.29, 1.82) is 0 Å². The first-order valence-corrected chi connectivity index (χ1v) is 7.05. The molecule has 0 aliphatic carbocycles. The van der Waals surface area contributed by atoms with Crippen LogP contribution in [0.3, 0.4) is 0 Å². The van der Waals surface area contributed by atoms with E-state index in [4.69, 9.17) is 0 Å². The number of hydrogen-bond donors (Lipinski definition) is 0. The number of alkyl halides is 1. The van der Waals surface area contributed by atoms with Crippen LogP contribution < -0.4 is 0 Å². The summed E-state index contributed by atoms with van der Waals surface area (Å²) < 4.78 is 27.5. The Morgan fingerprint density at radius 3 is 2.33 bits per heavy atom. The van der Waals surface area contributed by atoms with Crippen LogP contribution in [-0.2, 0) is 0 Å². The summed E-state index contributed by atoms with van der Waals surface area (Å²) in [6, 6.07) is 9.99. The highest BCUT2D eigenvalue weighted by atomic mass is 79.9. The minimum Gasteiger partial charge on any atom is -0.207 e. The van der Waals surface area contributed by atoms with Crippen molar-refractivity contribution in [1.82, 2.24) is 0 Å². The Morgan fingerprint density at radius 1 is 1.00 bits per heavy atom. The molecular formula is C14H10Br2F2. The third-order valence-corrected chi connectivity index (χ3v) is 4.37. The maximum atomic E-state index is 13.9. The van der Waals surface area contributed by atoms with E-state index in [0.717, 1.165) is 17.2 Å². The number of benzene rings is 2. The minimum absolute atomic E-state index is 0.133. The highest BCUT2D eigenvalue weighted by Crippen LogP contribution is 2.35. The van der Waals surface area contributed by atoms with Gasteiger partial charge in [0, 0.05) is 5.56 Å². The molecule has 18 heavy (non-hydrogen) atoms. The van der Waals surface area contributed by atoms with Crippen molar-refractivity contribution in [2.75, 3.05) is 0 Å². The summed E-state index contributed by atoms with van der Waals surface area (Å²) in [5, 5.41) is 0. The fraction of sp³-hybridized carbons (Fsp3) is 0.143. The Morgan fingerprint density at radius 2 is 1.67 bits per heavy atom. The van der Waals surface area contributed by atoms with Crippen LogP contribution in [0.5, 0.6) is 0 Å². The molecule has 2 rings (SSSR count). The molecule has 0 saturated carbocycles. The van der Waals surface area contributed by atoms with Gasteiger partial charge in [-0.1, -0.05) is 40.2 Å². The molecule has 0 nitrogen and oxygen atoms in total. The van der Waals surface area contributed by atoms with Crippen LogP contribution in [0.25, 0.3) is 0 Å². The molecule has 0 fully saturated rings. The van der Waals surface area contributed by atoms with E-state index in [1.807, 2.05) is 31.2 Å². The first kappa shape index (κ1) is 13.7. The quantitative estimate of drug-likeness (QED) is 0.478. The summed E-state index contributed by atoms with van der Waals surface area (Å²) in [7, 11) is 0. The van der Waals surface area contributed by atoms with Crippen LogP contribution in [0.2, 0.25) is 0 Å². The van der Waals surface area contributed by atoms with Crippen molar-refractivity contribution < 1.29 is 8.78 Å². The molecule has 0 spiro atoms. The molecule has 0 amide bonds. The van der Waals surface area contributed by atoms with Gasteiger partial charge in [0.2, 0.25) is 0 Å². The van der Waals surface area contributed by atoms with Gasteiger partial charge in [-0.15, -0.1) is 0 Å². The maximum Gasteiger partial charge on any atom is 0.137 e. The van der Waals surface area contributed by atoms with Gasteiger partial charge in [0.1, 0.15) is 11.6 Å². The van der Waals surface area contributed by atoms with Crippen molar-refractivity contribution in [3.63, 3.8) is 0 Å². The second-order valence-electron chi connectivity index (χ2n) is 4.01. The molecule has 0 aromatic heterocycles. The molecule has 0 radical (unpaired) electrons. The molecule has 0 N–H and O–H groups in total. The van der Waals surface area contributed by atoms with Gasteiger partial charge in [0.05, 0.1) is 9.30 Å². The summed E-state index contributed by atoms with van der Waals surface area (Å²) in [5.74, 6) is -0.905. The maximum absolute atomic E-state index is 13.9. The molecule has 0 aliphatic rings. The van der Waals surface area contributed by atoms with Gasteiger partial charge in [-0.3, -0.25) is 0 Å². The Hall–Kier alpha value is -0.740. The number of aryl methyl sites for hydroxylation is 1. The molecule has 1 atom stereocenters. The van der Waals surface area contributed by atoms with Gasteiger partial charge in [0.15, 0.2) is 0 Å². The van der Waals surface area contributed by atoms with E-state index in [0.29, 0.717) is 5.56 Å². The molecule has 0 saturated heterocycles. The second-order valence-corrected chi connectivity index (χ2v) is 5.78. The smallest absolute Gasteiger partial charge is 0.137 e. The monoisotopic (exact) mass is 374 g/mol. The Bertz CT molecular complexity index is 582. The van der Waals surface area contributed by atoms with Crippen molar-refractivity contribution >= 4 is 31.9 Å². The summed E-state index contributed by atoms with van der Waals surface area (Å²) in [4.78, 5) is -0.360. The summed E-state index contributed by atoms with van der Waals surface area (Å²) in [5.41, 5.74) is 2.25. The zero-order chi connectivity index (χ0) is 13.3. The minimum atomic E-state index is -0.468. The van der Waals surface area contributed by atoms with Crippen molar-refractivity contribution in [3.8, 4) is 0 Å². The molecular weight excluding hydrogens is 366 g/mol. The summed E-state index contributed by atoms with van der Waals surface area (Å²) in [6.07, 6.45) is 0. The molecule has 94 valence electrons. The fourth-order valence-corrected chi connectivity index (χ4v) is 2.95. The van der Waals surface area contributed by atoms with Crippen LogP contribution in [0.1, 0.15) is 21.5 Å².